The average molecular weight is 419 g/mol. The Kier molecular flexibility index (Phi) is 6.39. The van der Waals surface area contributed by atoms with Gasteiger partial charge in [-0.2, -0.15) is 0 Å². The Morgan fingerprint density at radius 2 is 1.97 bits per heavy atom. The van der Waals surface area contributed by atoms with Gasteiger partial charge in [-0.1, -0.05) is 32.9 Å². The minimum atomic E-state index is -3.68. The summed E-state index contributed by atoms with van der Waals surface area (Å²) in [4.78, 5) is 0.264. The Morgan fingerprint density at radius 3 is 2.66 bits per heavy atom. The van der Waals surface area contributed by atoms with E-state index in [2.05, 4.69) is 5.32 Å². The molecule has 3 rings (SSSR count). The lowest BCUT2D eigenvalue weighted by Gasteiger charge is -2.25. The summed E-state index contributed by atoms with van der Waals surface area (Å²) in [5, 5.41) is 12.9. The van der Waals surface area contributed by atoms with Crippen LogP contribution in [0.15, 0.2) is 41.3 Å². The third-order valence-electron chi connectivity index (χ3n) is 5.32. The van der Waals surface area contributed by atoms with Crippen LogP contribution in [0.2, 0.25) is 0 Å². The number of sulfone groups is 1. The smallest absolute Gasteiger partial charge is 0.199 e. The second-order valence-corrected chi connectivity index (χ2v) is 10.1. The van der Waals surface area contributed by atoms with Gasteiger partial charge in [0.15, 0.2) is 9.84 Å². The number of benzene rings is 2. The fourth-order valence-corrected chi connectivity index (χ4v) is 5.43. The minimum Gasteiger partial charge on any atom is -0.505 e. The molecule has 1 aliphatic heterocycles. The van der Waals surface area contributed by atoms with E-state index >= 15 is 0 Å². The Balaban J connectivity index is 1.92. The number of phenolic OH excluding ortho intramolecular Hbond substituents is 1. The first-order chi connectivity index (χ1) is 13.7. The molecular weight excluding hydrogens is 388 g/mol. The van der Waals surface area contributed by atoms with Gasteiger partial charge in [0.1, 0.15) is 16.9 Å². The van der Waals surface area contributed by atoms with E-state index in [-0.39, 0.29) is 22.5 Å². The molecule has 0 bridgehead atoms. The molecule has 0 aliphatic carbocycles. The van der Waals surface area contributed by atoms with Crippen LogP contribution in [0, 0.1) is 11.8 Å². The zero-order valence-electron chi connectivity index (χ0n) is 17.2. The summed E-state index contributed by atoms with van der Waals surface area (Å²) >= 11 is 0. The Hall–Kier alpha value is -2.25. The van der Waals surface area contributed by atoms with Crippen molar-refractivity contribution in [3.05, 3.63) is 47.5 Å². The van der Waals surface area contributed by atoms with Crippen molar-refractivity contribution in [2.45, 2.75) is 43.9 Å². The van der Waals surface area contributed by atoms with Crippen LogP contribution in [0.25, 0.3) is 0 Å². The molecule has 4 N–H and O–H groups in total. The van der Waals surface area contributed by atoms with Crippen LogP contribution < -0.4 is 15.8 Å². The maximum Gasteiger partial charge on any atom is 0.199 e. The second-order valence-electron chi connectivity index (χ2n) is 8.08. The summed E-state index contributed by atoms with van der Waals surface area (Å²) < 4.78 is 32.3. The highest BCUT2D eigenvalue weighted by Crippen LogP contribution is 2.34. The molecule has 158 valence electrons. The van der Waals surface area contributed by atoms with Crippen molar-refractivity contribution >= 4 is 15.5 Å². The molecule has 0 unspecified atom stereocenters. The molecule has 1 aliphatic rings. The standard InChI is InChI=1S/C22H30N2O4S/c1-14(2)22(24-19-6-4-5-17(21(19)25)11-15(3)13-23)29(26,27)18-7-8-20-16(12-18)9-10-28-20/h4-8,12,14-15,22,24-25H,9-11,13,23H2,1-3H3/t15-,22+/m1/s1. The summed E-state index contributed by atoms with van der Waals surface area (Å²) in [6.07, 6.45) is 1.34. The maximum absolute atomic E-state index is 13.4. The van der Waals surface area contributed by atoms with Gasteiger partial charge in [0.25, 0.3) is 0 Å². The number of fused-ring (bicyclic) bond motifs is 1. The van der Waals surface area contributed by atoms with Crippen molar-refractivity contribution in [3.8, 4) is 11.5 Å². The molecule has 29 heavy (non-hydrogen) atoms. The zero-order chi connectivity index (χ0) is 21.2. The van der Waals surface area contributed by atoms with Crippen LogP contribution in [0.1, 0.15) is 31.9 Å². The lowest BCUT2D eigenvalue weighted by Crippen LogP contribution is -2.34. The predicted molar refractivity (Wildman–Crippen MR) is 115 cm³/mol. The molecular formula is C22H30N2O4S. The third kappa shape index (κ3) is 4.51. The van der Waals surface area contributed by atoms with Crippen molar-refractivity contribution in [2.75, 3.05) is 18.5 Å². The van der Waals surface area contributed by atoms with E-state index in [0.717, 1.165) is 16.9 Å². The van der Waals surface area contributed by atoms with Crippen molar-refractivity contribution < 1.29 is 18.3 Å². The van der Waals surface area contributed by atoms with E-state index in [1.165, 1.54) is 0 Å². The van der Waals surface area contributed by atoms with Crippen LogP contribution >= 0.6 is 0 Å². The fourth-order valence-electron chi connectivity index (χ4n) is 3.57. The lowest BCUT2D eigenvalue weighted by atomic mass is 10.00. The van der Waals surface area contributed by atoms with Crippen LogP contribution in [0.5, 0.6) is 11.5 Å². The van der Waals surface area contributed by atoms with Gasteiger partial charge in [-0.05, 0) is 60.2 Å². The summed E-state index contributed by atoms with van der Waals surface area (Å²) in [6, 6.07) is 10.4. The van der Waals surface area contributed by atoms with E-state index in [9.17, 15) is 13.5 Å². The van der Waals surface area contributed by atoms with Crippen LogP contribution in [-0.4, -0.2) is 32.0 Å². The summed E-state index contributed by atoms with van der Waals surface area (Å²) in [5.41, 5.74) is 7.78. The summed E-state index contributed by atoms with van der Waals surface area (Å²) in [6.45, 7) is 6.80. The normalized spacial score (nSPS) is 15.6. The predicted octanol–water partition coefficient (Wildman–Crippen LogP) is 3.33. The van der Waals surface area contributed by atoms with Gasteiger partial charge in [-0.15, -0.1) is 0 Å². The zero-order valence-corrected chi connectivity index (χ0v) is 18.0. The number of phenols is 1. The van der Waals surface area contributed by atoms with Crippen LogP contribution in [0.4, 0.5) is 5.69 Å². The van der Waals surface area contributed by atoms with Crippen LogP contribution in [-0.2, 0) is 22.7 Å². The average Bonchev–Trinajstić information content (AvgIpc) is 3.15. The Labute approximate surface area is 173 Å². The molecule has 1 heterocycles. The summed E-state index contributed by atoms with van der Waals surface area (Å²) in [7, 11) is -3.68. The van der Waals surface area contributed by atoms with Gasteiger partial charge >= 0.3 is 0 Å². The molecule has 0 radical (unpaired) electrons. The third-order valence-corrected chi connectivity index (χ3v) is 7.56. The molecule has 0 fully saturated rings. The maximum atomic E-state index is 13.4. The van der Waals surface area contributed by atoms with Gasteiger partial charge in [0.2, 0.25) is 0 Å². The Bertz CT molecular complexity index is 973. The number of hydrogen-bond donors (Lipinski definition) is 3. The highest BCUT2D eigenvalue weighted by atomic mass is 32.2. The number of nitrogens with one attached hydrogen (secondary N) is 1. The molecule has 2 aromatic carbocycles. The van der Waals surface area contributed by atoms with E-state index in [4.69, 9.17) is 10.5 Å². The van der Waals surface area contributed by atoms with Crippen molar-refractivity contribution in [3.63, 3.8) is 0 Å². The first kappa shape index (κ1) is 21.5. The summed E-state index contributed by atoms with van der Waals surface area (Å²) in [5.74, 6) is 0.832. The lowest BCUT2D eigenvalue weighted by molar-refractivity contribution is 0.356. The molecule has 0 amide bonds. The number of ether oxygens (including phenoxy) is 1. The number of anilines is 1. The first-order valence-electron chi connectivity index (χ1n) is 10.0. The molecule has 0 aromatic heterocycles. The minimum absolute atomic E-state index is 0.0796. The molecule has 6 nitrogen and oxygen atoms in total. The van der Waals surface area contributed by atoms with Gasteiger partial charge in [0.05, 0.1) is 17.2 Å². The van der Waals surface area contributed by atoms with E-state index < -0.39 is 15.2 Å². The first-order valence-corrected chi connectivity index (χ1v) is 11.6. The molecule has 7 heteroatoms. The number of aromatic hydroxyl groups is 1. The largest absolute Gasteiger partial charge is 0.505 e. The molecule has 0 saturated carbocycles. The molecule has 2 atom stereocenters. The fraction of sp³-hybridized carbons (Fsp3) is 0.455. The number of rotatable bonds is 8. The van der Waals surface area contributed by atoms with E-state index in [1.54, 1.807) is 24.3 Å². The monoisotopic (exact) mass is 418 g/mol. The highest BCUT2D eigenvalue weighted by Gasteiger charge is 2.32. The van der Waals surface area contributed by atoms with Crippen molar-refractivity contribution in [2.24, 2.45) is 17.6 Å². The quantitative estimate of drug-likeness (QED) is 0.569. The number of nitrogens with two attached hydrogens (primary N) is 1. The Morgan fingerprint density at radius 1 is 1.21 bits per heavy atom. The van der Waals surface area contributed by atoms with Crippen molar-refractivity contribution in [1.82, 2.24) is 0 Å². The van der Waals surface area contributed by atoms with E-state index in [0.29, 0.717) is 31.7 Å². The van der Waals surface area contributed by atoms with E-state index in [1.807, 2.05) is 32.9 Å². The van der Waals surface area contributed by atoms with Crippen molar-refractivity contribution in [1.29, 1.82) is 0 Å². The van der Waals surface area contributed by atoms with Gasteiger partial charge in [0, 0.05) is 6.42 Å². The van der Waals surface area contributed by atoms with Gasteiger partial charge in [-0.3, -0.25) is 0 Å². The molecule has 2 aromatic rings. The molecule has 0 saturated heterocycles. The topological polar surface area (TPSA) is 102 Å². The van der Waals surface area contributed by atoms with Gasteiger partial charge in [-0.25, -0.2) is 8.42 Å². The number of hydrogen-bond acceptors (Lipinski definition) is 6. The second kappa shape index (κ2) is 8.63. The van der Waals surface area contributed by atoms with Gasteiger partial charge < -0.3 is 20.9 Å². The SMILES string of the molecule is CC(C)[C@@H](Nc1cccc(C[C@@H](C)CN)c1O)S(=O)(=O)c1ccc2c(c1)CCO2. The van der Waals surface area contributed by atoms with Crippen LogP contribution in [0.3, 0.4) is 0 Å². The number of para-hydroxylation sites is 1. The molecule has 0 spiro atoms. The highest BCUT2D eigenvalue weighted by molar-refractivity contribution is 7.92.